The van der Waals surface area contributed by atoms with Crippen molar-refractivity contribution in [2.75, 3.05) is 52.2 Å². The van der Waals surface area contributed by atoms with E-state index in [-0.39, 0.29) is 5.91 Å². The second kappa shape index (κ2) is 8.04. The number of amides is 1. The zero-order chi connectivity index (χ0) is 17.6. The Kier molecular flexibility index (Phi) is 5.56. The highest BCUT2D eigenvalue weighted by molar-refractivity contribution is 5.92. The number of hydrogen-bond donors (Lipinski definition) is 1. The van der Waals surface area contributed by atoms with E-state index in [2.05, 4.69) is 37.7 Å². The number of rotatable bonds is 5. The first-order chi connectivity index (χ1) is 12.1. The van der Waals surface area contributed by atoms with Gasteiger partial charge >= 0.3 is 0 Å². The van der Waals surface area contributed by atoms with Crippen LogP contribution < -0.4 is 10.1 Å². The number of tetrazole rings is 1. The monoisotopic (exact) mass is 345 g/mol. The van der Waals surface area contributed by atoms with Crippen LogP contribution in [-0.2, 0) is 4.79 Å². The largest absolute Gasteiger partial charge is 0.497 e. The van der Waals surface area contributed by atoms with Gasteiger partial charge < -0.3 is 15.0 Å². The maximum absolute atomic E-state index is 12.4. The molecule has 1 aliphatic rings. The SMILES string of the molecule is COc1cc(NC(=O)CN2CCCN(C)CC2)cc(-n2cnnn2)c1. The third kappa shape index (κ3) is 4.74. The van der Waals surface area contributed by atoms with Gasteiger partial charge in [0.2, 0.25) is 5.91 Å². The highest BCUT2D eigenvalue weighted by Crippen LogP contribution is 2.22. The molecule has 1 N–H and O–H groups in total. The summed E-state index contributed by atoms with van der Waals surface area (Å²) >= 11 is 0. The summed E-state index contributed by atoms with van der Waals surface area (Å²) in [7, 11) is 3.69. The molecule has 9 heteroatoms. The van der Waals surface area contributed by atoms with Crippen molar-refractivity contribution in [1.82, 2.24) is 30.0 Å². The van der Waals surface area contributed by atoms with Gasteiger partial charge in [0, 0.05) is 30.9 Å². The van der Waals surface area contributed by atoms with Crippen LogP contribution in [0.25, 0.3) is 5.69 Å². The van der Waals surface area contributed by atoms with Gasteiger partial charge in [-0.1, -0.05) is 0 Å². The van der Waals surface area contributed by atoms with Crippen molar-refractivity contribution >= 4 is 11.6 Å². The Labute approximate surface area is 146 Å². The number of hydrogen-bond acceptors (Lipinski definition) is 7. The van der Waals surface area contributed by atoms with Gasteiger partial charge in [-0.15, -0.1) is 5.10 Å². The Morgan fingerprint density at radius 3 is 2.88 bits per heavy atom. The molecule has 2 aromatic rings. The molecule has 1 aliphatic heterocycles. The smallest absolute Gasteiger partial charge is 0.238 e. The highest BCUT2D eigenvalue weighted by Gasteiger charge is 2.15. The topological polar surface area (TPSA) is 88.4 Å². The summed E-state index contributed by atoms with van der Waals surface area (Å²) in [6.45, 7) is 4.27. The second-order valence-electron chi connectivity index (χ2n) is 6.16. The summed E-state index contributed by atoms with van der Waals surface area (Å²) in [5, 5.41) is 14.1. The zero-order valence-corrected chi connectivity index (χ0v) is 14.6. The number of aromatic nitrogens is 4. The van der Waals surface area contributed by atoms with Gasteiger partial charge in [0.25, 0.3) is 0 Å². The van der Waals surface area contributed by atoms with Crippen molar-refractivity contribution in [3.63, 3.8) is 0 Å². The lowest BCUT2D eigenvalue weighted by Crippen LogP contribution is -2.35. The third-order valence-electron chi connectivity index (χ3n) is 4.20. The van der Waals surface area contributed by atoms with Gasteiger partial charge in [0.05, 0.1) is 19.3 Å². The van der Waals surface area contributed by atoms with Gasteiger partial charge in [-0.05, 0) is 43.1 Å². The van der Waals surface area contributed by atoms with Crippen LogP contribution in [0.15, 0.2) is 24.5 Å². The van der Waals surface area contributed by atoms with E-state index in [0.29, 0.717) is 18.0 Å². The average Bonchev–Trinajstić information content (AvgIpc) is 3.06. The highest BCUT2D eigenvalue weighted by atomic mass is 16.5. The number of carbonyl (C=O) groups excluding carboxylic acids is 1. The van der Waals surface area contributed by atoms with E-state index in [9.17, 15) is 4.79 Å². The fourth-order valence-corrected chi connectivity index (χ4v) is 2.85. The van der Waals surface area contributed by atoms with E-state index < -0.39 is 0 Å². The first-order valence-corrected chi connectivity index (χ1v) is 8.27. The van der Waals surface area contributed by atoms with Crippen molar-refractivity contribution in [2.45, 2.75) is 6.42 Å². The van der Waals surface area contributed by atoms with Crippen molar-refractivity contribution in [1.29, 1.82) is 0 Å². The molecule has 1 saturated heterocycles. The van der Waals surface area contributed by atoms with Gasteiger partial charge in [0.15, 0.2) is 0 Å². The molecule has 0 atom stereocenters. The molecule has 0 spiro atoms. The summed E-state index contributed by atoms with van der Waals surface area (Å²) in [5.41, 5.74) is 1.37. The van der Waals surface area contributed by atoms with E-state index in [1.54, 1.807) is 19.2 Å². The Morgan fingerprint density at radius 2 is 2.12 bits per heavy atom. The maximum atomic E-state index is 12.4. The minimum Gasteiger partial charge on any atom is -0.497 e. The number of ether oxygens (including phenoxy) is 1. The Hall–Kier alpha value is -2.52. The van der Waals surface area contributed by atoms with Gasteiger partial charge in [-0.3, -0.25) is 9.69 Å². The summed E-state index contributed by atoms with van der Waals surface area (Å²) in [5.74, 6) is 0.583. The number of carbonyl (C=O) groups is 1. The average molecular weight is 345 g/mol. The predicted molar refractivity (Wildman–Crippen MR) is 92.9 cm³/mol. The van der Waals surface area contributed by atoms with E-state index in [4.69, 9.17) is 4.74 Å². The number of likely N-dealkylation sites (N-methyl/N-ethyl adjacent to an activating group) is 1. The molecule has 1 fully saturated rings. The number of nitrogens with zero attached hydrogens (tertiary/aromatic N) is 6. The first kappa shape index (κ1) is 17.3. The molecular formula is C16H23N7O2. The fraction of sp³-hybridized carbons (Fsp3) is 0.500. The fourth-order valence-electron chi connectivity index (χ4n) is 2.85. The molecule has 0 radical (unpaired) electrons. The molecular weight excluding hydrogens is 322 g/mol. The van der Waals surface area contributed by atoms with Crippen LogP contribution in [-0.4, -0.2) is 82.8 Å². The summed E-state index contributed by atoms with van der Waals surface area (Å²) in [4.78, 5) is 16.9. The molecule has 0 bridgehead atoms. The van der Waals surface area contributed by atoms with E-state index in [0.717, 1.165) is 38.3 Å². The molecule has 0 saturated carbocycles. The molecule has 1 amide bonds. The standard InChI is InChI=1S/C16H23N7O2/c1-21-4-3-5-22(7-6-21)11-16(24)18-13-8-14(10-15(9-13)25-2)23-12-17-19-20-23/h8-10,12H,3-7,11H2,1-2H3,(H,18,24). The Balaban J connectivity index is 1.67. The van der Waals surface area contributed by atoms with Crippen LogP contribution in [0.3, 0.4) is 0 Å². The van der Waals surface area contributed by atoms with Crippen molar-refractivity contribution in [2.24, 2.45) is 0 Å². The van der Waals surface area contributed by atoms with Crippen LogP contribution >= 0.6 is 0 Å². The predicted octanol–water partition coefficient (Wildman–Crippen LogP) is 0.247. The van der Waals surface area contributed by atoms with Crippen LogP contribution in [0.4, 0.5) is 5.69 Å². The quantitative estimate of drug-likeness (QED) is 0.831. The third-order valence-corrected chi connectivity index (χ3v) is 4.20. The molecule has 9 nitrogen and oxygen atoms in total. The minimum atomic E-state index is -0.0412. The zero-order valence-electron chi connectivity index (χ0n) is 14.6. The van der Waals surface area contributed by atoms with E-state index >= 15 is 0 Å². The normalized spacial score (nSPS) is 16.4. The Morgan fingerprint density at radius 1 is 1.24 bits per heavy atom. The summed E-state index contributed by atoms with van der Waals surface area (Å²) in [6, 6.07) is 5.39. The van der Waals surface area contributed by atoms with Crippen LogP contribution in [0, 0.1) is 0 Å². The number of methoxy groups -OCH3 is 1. The van der Waals surface area contributed by atoms with Crippen LogP contribution in [0.1, 0.15) is 6.42 Å². The molecule has 3 rings (SSSR count). The molecule has 1 aromatic carbocycles. The van der Waals surface area contributed by atoms with Gasteiger partial charge in [-0.2, -0.15) is 0 Å². The molecule has 25 heavy (non-hydrogen) atoms. The molecule has 0 aliphatic carbocycles. The summed E-state index contributed by atoms with van der Waals surface area (Å²) in [6.07, 6.45) is 2.57. The number of anilines is 1. The van der Waals surface area contributed by atoms with Crippen LogP contribution in [0.2, 0.25) is 0 Å². The van der Waals surface area contributed by atoms with E-state index in [1.807, 2.05) is 6.07 Å². The lowest BCUT2D eigenvalue weighted by atomic mass is 10.2. The maximum Gasteiger partial charge on any atom is 0.238 e. The first-order valence-electron chi connectivity index (χ1n) is 8.27. The summed E-state index contributed by atoms with van der Waals surface area (Å²) < 4.78 is 6.82. The lowest BCUT2D eigenvalue weighted by molar-refractivity contribution is -0.117. The molecule has 1 aromatic heterocycles. The van der Waals surface area contributed by atoms with Crippen molar-refractivity contribution < 1.29 is 9.53 Å². The van der Waals surface area contributed by atoms with Crippen molar-refractivity contribution in [3.05, 3.63) is 24.5 Å². The number of benzene rings is 1. The molecule has 134 valence electrons. The number of nitrogens with one attached hydrogen (secondary N) is 1. The lowest BCUT2D eigenvalue weighted by Gasteiger charge is -2.19. The van der Waals surface area contributed by atoms with Gasteiger partial charge in [-0.25, -0.2) is 4.68 Å². The van der Waals surface area contributed by atoms with Crippen LogP contribution in [0.5, 0.6) is 5.75 Å². The van der Waals surface area contributed by atoms with E-state index in [1.165, 1.54) is 11.0 Å². The Bertz CT molecular complexity index is 705. The molecule has 2 heterocycles. The second-order valence-corrected chi connectivity index (χ2v) is 6.16. The molecule has 0 unspecified atom stereocenters. The van der Waals surface area contributed by atoms with Crippen molar-refractivity contribution in [3.8, 4) is 11.4 Å². The van der Waals surface area contributed by atoms with Gasteiger partial charge in [0.1, 0.15) is 12.1 Å². The minimum absolute atomic E-state index is 0.0412.